The van der Waals surface area contributed by atoms with Crippen LogP contribution in [0.4, 0.5) is 10.1 Å². The third-order valence-electron chi connectivity index (χ3n) is 3.54. The molecule has 0 spiro atoms. The molecule has 132 valence electrons. The fourth-order valence-electron chi connectivity index (χ4n) is 2.37. The Kier molecular flexibility index (Phi) is 5.71. The van der Waals surface area contributed by atoms with Crippen molar-refractivity contribution in [2.24, 2.45) is 0 Å². The van der Waals surface area contributed by atoms with Crippen molar-refractivity contribution in [1.29, 1.82) is 0 Å². The molecular formula is C19H12Cl2FNO2S. The van der Waals surface area contributed by atoms with Gasteiger partial charge in [0, 0.05) is 20.5 Å². The number of carbonyl (C=O) groups is 1. The maximum absolute atomic E-state index is 14.4. The molecule has 3 aromatic rings. The Labute approximate surface area is 163 Å². The van der Waals surface area contributed by atoms with E-state index in [4.69, 9.17) is 23.2 Å². The first-order chi connectivity index (χ1) is 12.4. The third-order valence-corrected chi connectivity index (χ3v) is 4.77. The summed E-state index contributed by atoms with van der Waals surface area (Å²) in [5, 5.41) is 10.3. The van der Waals surface area contributed by atoms with E-state index in [0.29, 0.717) is 26.1 Å². The van der Waals surface area contributed by atoms with E-state index in [1.165, 1.54) is 6.07 Å². The van der Waals surface area contributed by atoms with Crippen LogP contribution in [-0.2, 0) is 0 Å². The van der Waals surface area contributed by atoms with Crippen LogP contribution in [0.1, 0.15) is 10.4 Å². The summed E-state index contributed by atoms with van der Waals surface area (Å²) in [6.07, 6.45) is 0. The molecule has 7 heteroatoms. The molecule has 0 fully saturated rings. The van der Waals surface area contributed by atoms with Crippen LogP contribution in [-0.4, -0.2) is 11.1 Å². The Hall–Kier alpha value is -2.21. The Morgan fingerprint density at radius 1 is 1.00 bits per heavy atom. The summed E-state index contributed by atoms with van der Waals surface area (Å²) in [5.41, 5.74) is 1.07. The maximum Gasteiger partial charge on any atom is 0.337 e. The van der Waals surface area contributed by atoms with E-state index in [1.54, 1.807) is 42.5 Å². The number of hydrogen-bond acceptors (Lipinski definition) is 3. The van der Waals surface area contributed by atoms with Crippen molar-refractivity contribution in [3.63, 3.8) is 0 Å². The normalized spacial score (nSPS) is 10.6. The summed E-state index contributed by atoms with van der Waals surface area (Å²) in [6.45, 7) is 0. The highest BCUT2D eigenvalue weighted by molar-refractivity contribution is 8.00. The molecule has 3 aromatic carbocycles. The first-order valence-electron chi connectivity index (χ1n) is 7.45. The molecule has 3 nitrogen and oxygen atoms in total. The Balaban J connectivity index is 1.97. The van der Waals surface area contributed by atoms with Gasteiger partial charge < -0.3 is 9.83 Å². The summed E-state index contributed by atoms with van der Waals surface area (Å²) in [5.74, 6) is -1.83. The summed E-state index contributed by atoms with van der Waals surface area (Å²) in [7, 11) is 0. The number of anilines is 1. The van der Waals surface area contributed by atoms with E-state index < -0.39 is 11.8 Å². The van der Waals surface area contributed by atoms with E-state index in [9.17, 15) is 14.3 Å². The topological polar surface area (TPSA) is 49.3 Å². The number of nitrogens with one attached hydrogen (secondary N) is 1. The number of aromatic carboxylic acids is 1. The van der Waals surface area contributed by atoms with Crippen LogP contribution >= 0.6 is 35.1 Å². The van der Waals surface area contributed by atoms with Crippen molar-refractivity contribution in [3.05, 3.63) is 82.1 Å². The van der Waals surface area contributed by atoms with E-state index in [1.807, 2.05) is 6.07 Å². The molecule has 0 aliphatic rings. The van der Waals surface area contributed by atoms with Gasteiger partial charge in [-0.2, -0.15) is 0 Å². The minimum atomic E-state index is -1.23. The van der Waals surface area contributed by atoms with Crippen LogP contribution < -0.4 is 4.72 Å². The Bertz CT molecular complexity index is 947. The molecule has 3 rings (SSSR count). The van der Waals surface area contributed by atoms with Crippen LogP contribution in [0.25, 0.3) is 11.1 Å². The lowest BCUT2D eigenvalue weighted by molar-refractivity contribution is 0.0697. The molecule has 0 aliphatic heterocycles. The number of halogens is 3. The molecule has 0 radical (unpaired) electrons. The van der Waals surface area contributed by atoms with Crippen molar-refractivity contribution >= 4 is 46.8 Å². The highest BCUT2D eigenvalue weighted by Crippen LogP contribution is 2.33. The summed E-state index contributed by atoms with van der Waals surface area (Å²) < 4.78 is 17.4. The summed E-state index contributed by atoms with van der Waals surface area (Å²) in [4.78, 5) is 12.2. The fourth-order valence-corrected chi connectivity index (χ4v) is 3.80. The molecule has 0 saturated carbocycles. The SMILES string of the molecule is O=C(O)c1cc(F)c(-c2ccccc2)cc1NSc1cc(Cl)cc(Cl)c1. The monoisotopic (exact) mass is 407 g/mol. The van der Waals surface area contributed by atoms with Gasteiger partial charge in [0.1, 0.15) is 5.82 Å². The predicted molar refractivity (Wildman–Crippen MR) is 105 cm³/mol. The van der Waals surface area contributed by atoms with Crippen LogP contribution in [0.5, 0.6) is 0 Å². The van der Waals surface area contributed by atoms with Gasteiger partial charge in [0.2, 0.25) is 0 Å². The number of hydrogen-bond donors (Lipinski definition) is 2. The molecule has 0 unspecified atom stereocenters. The van der Waals surface area contributed by atoms with Gasteiger partial charge in [0.25, 0.3) is 0 Å². The lowest BCUT2D eigenvalue weighted by atomic mass is 10.0. The maximum atomic E-state index is 14.4. The van der Waals surface area contributed by atoms with Crippen molar-refractivity contribution in [3.8, 4) is 11.1 Å². The molecule has 0 saturated heterocycles. The number of benzene rings is 3. The molecule has 2 N–H and O–H groups in total. The molecule has 26 heavy (non-hydrogen) atoms. The van der Waals surface area contributed by atoms with E-state index in [0.717, 1.165) is 18.0 Å². The van der Waals surface area contributed by atoms with E-state index in [2.05, 4.69) is 4.72 Å². The van der Waals surface area contributed by atoms with Gasteiger partial charge in [0.05, 0.1) is 11.3 Å². The summed E-state index contributed by atoms with van der Waals surface area (Å²) in [6, 6.07) is 16.4. The highest BCUT2D eigenvalue weighted by atomic mass is 35.5. The quantitative estimate of drug-likeness (QED) is 0.466. The van der Waals surface area contributed by atoms with Gasteiger partial charge in [-0.05, 0) is 47.8 Å². The second kappa shape index (κ2) is 7.99. The smallest absolute Gasteiger partial charge is 0.337 e. The largest absolute Gasteiger partial charge is 0.478 e. The lowest BCUT2D eigenvalue weighted by Crippen LogP contribution is -2.03. The second-order valence-electron chi connectivity index (χ2n) is 5.36. The standard InChI is InChI=1S/C19H12Cl2FNO2S/c20-12-6-13(21)8-14(7-12)26-23-18-10-15(11-4-2-1-3-5-11)17(22)9-16(18)19(24)25/h1-10,23H,(H,24,25). The van der Waals surface area contributed by atoms with E-state index in [-0.39, 0.29) is 11.3 Å². The molecule has 0 bridgehead atoms. The molecular weight excluding hydrogens is 396 g/mol. The minimum Gasteiger partial charge on any atom is -0.478 e. The van der Waals surface area contributed by atoms with Crippen LogP contribution in [0, 0.1) is 5.82 Å². The van der Waals surface area contributed by atoms with Crippen molar-refractivity contribution in [2.75, 3.05) is 4.72 Å². The van der Waals surface area contributed by atoms with Gasteiger partial charge >= 0.3 is 5.97 Å². The van der Waals surface area contributed by atoms with Gasteiger partial charge in [-0.15, -0.1) is 0 Å². The predicted octanol–water partition coefficient (Wildman–Crippen LogP) is 6.62. The molecule has 0 amide bonds. The van der Waals surface area contributed by atoms with Crippen molar-refractivity contribution in [1.82, 2.24) is 0 Å². The zero-order chi connectivity index (χ0) is 18.7. The number of rotatable bonds is 5. The second-order valence-corrected chi connectivity index (χ2v) is 7.11. The van der Waals surface area contributed by atoms with Gasteiger partial charge in [-0.3, -0.25) is 0 Å². The first-order valence-corrected chi connectivity index (χ1v) is 9.02. The molecule has 0 aliphatic carbocycles. The minimum absolute atomic E-state index is 0.164. The number of carboxylic acid groups (broad SMARTS) is 1. The Morgan fingerprint density at radius 3 is 2.27 bits per heavy atom. The van der Waals surface area contributed by atoms with Gasteiger partial charge in [-0.25, -0.2) is 9.18 Å². The fraction of sp³-hybridized carbons (Fsp3) is 0. The Morgan fingerprint density at radius 2 is 1.65 bits per heavy atom. The van der Waals surface area contributed by atoms with Gasteiger partial charge in [-0.1, -0.05) is 53.5 Å². The van der Waals surface area contributed by atoms with E-state index >= 15 is 0 Å². The molecule has 0 atom stereocenters. The van der Waals surface area contributed by atoms with Crippen molar-refractivity contribution in [2.45, 2.75) is 4.90 Å². The van der Waals surface area contributed by atoms with Crippen molar-refractivity contribution < 1.29 is 14.3 Å². The average Bonchev–Trinajstić information content (AvgIpc) is 2.60. The summed E-state index contributed by atoms with van der Waals surface area (Å²) >= 11 is 13.1. The zero-order valence-corrected chi connectivity index (χ0v) is 15.5. The average molecular weight is 408 g/mol. The number of carboxylic acids is 1. The van der Waals surface area contributed by atoms with Crippen LogP contribution in [0.15, 0.2) is 65.6 Å². The third kappa shape index (κ3) is 4.30. The highest BCUT2D eigenvalue weighted by Gasteiger charge is 2.16. The lowest BCUT2D eigenvalue weighted by Gasteiger charge is -2.13. The molecule has 0 aromatic heterocycles. The van der Waals surface area contributed by atoms with Gasteiger partial charge in [0.15, 0.2) is 0 Å². The van der Waals surface area contributed by atoms with Crippen LogP contribution in [0.2, 0.25) is 10.0 Å². The molecule has 0 heterocycles. The van der Waals surface area contributed by atoms with Crippen LogP contribution in [0.3, 0.4) is 0 Å². The zero-order valence-electron chi connectivity index (χ0n) is 13.2. The first kappa shape index (κ1) is 18.6.